The molecule has 2 amide bonds. The zero-order chi connectivity index (χ0) is 22.8. The molecular weight excluding hydrogens is 415 g/mol. The normalized spacial score (nSPS) is 10.2. The predicted octanol–water partition coefficient (Wildman–Crippen LogP) is 3.66. The Hall–Kier alpha value is -4.07. The summed E-state index contributed by atoms with van der Waals surface area (Å²) in [4.78, 5) is 24.6. The van der Waals surface area contributed by atoms with Crippen molar-refractivity contribution in [2.45, 2.75) is 0 Å². The number of methoxy groups -OCH3 is 1. The summed E-state index contributed by atoms with van der Waals surface area (Å²) < 4.78 is 29.8. The van der Waals surface area contributed by atoms with E-state index in [-0.39, 0.29) is 42.7 Å². The average molecular weight is 438 g/mol. The van der Waals surface area contributed by atoms with E-state index in [4.69, 9.17) is 14.2 Å². The molecule has 0 fully saturated rings. The second-order valence-electron chi connectivity index (χ2n) is 6.59. The molecule has 0 atom stereocenters. The van der Waals surface area contributed by atoms with Crippen LogP contribution in [-0.2, 0) is 4.79 Å². The smallest absolute Gasteiger partial charge is 0.262 e. The van der Waals surface area contributed by atoms with Crippen molar-refractivity contribution in [1.82, 2.24) is 5.32 Å². The number of para-hydroxylation sites is 2. The van der Waals surface area contributed by atoms with Crippen LogP contribution in [0.15, 0.2) is 72.8 Å². The van der Waals surface area contributed by atoms with Gasteiger partial charge in [0.1, 0.15) is 29.7 Å². The Morgan fingerprint density at radius 3 is 2.31 bits per heavy atom. The molecule has 32 heavy (non-hydrogen) atoms. The van der Waals surface area contributed by atoms with E-state index in [1.165, 1.54) is 18.2 Å². The van der Waals surface area contributed by atoms with Crippen LogP contribution in [-0.4, -0.2) is 38.7 Å². The van der Waals surface area contributed by atoms with E-state index in [1.807, 2.05) is 0 Å². The molecule has 166 valence electrons. The first-order chi connectivity index (χ1) is 15.6. The van der Waals surface area contributed by atoms with Gasteiger partial charge in [-0.15, -0.1) is 0 Å². The lowest BCUT2D eigenvalue weighted by atomic mass is 10.2. The van der Waals surface area contributed by atoms with Crippen LogP contribution in [0, 0.1) is 5.82 Å². The third-order valence-electron chi connectivity index (χ3n) is 4.35. The van der Waals surface area contributed by atoms with Crippen LogP contribution in [0.5, 0.6) is 17.2 Å². The van der Waals surface area contributed by atoms with Crippen molar-refractivity contribution in [3.63, 3.8) is 0 Å². The number of amides is 2. The second kappa shape index (κ2) is 11.4. The highest BCUT2D eigenvalue weighted by Gasteiger charge is 2.14. The lowest BCUT2D eigenvalue weighted by Crippen LogP contribution is -2.29. The van der Waals surface area contributed by atoms with Gasteiger partial charge < -0.3 is 24.8 Å². The minimum absolute atomic E-state index is 0.0592. The molecule has 0 heterocycles. The summed E-state index contributed by atoms with van der Waals surface area (Å²) in [5.41, 5.74) is 0.333. The largest absolute Gasteiger partial charge is 0.497 e. The molecule has 0 aliphatic heterocycles. The van der Waals surface area contributed by atoms with Crippen LogP contribution in [0.3, 0.4) is 0 Å². The quantitative estimate of drug-likeness (QED) is 0.472. The Balaban J connectivity index is 1.48. The molecule has 0 aromatic heterocycles. The van der Waals surface area contributed by atoms with Gasteiger partial charge >= 0.3 is 0 Å². The summed E-state index contributed by atoms with van der Waals surface area (Å²) in [5.74, 6) is 0.170. The molecule has 3 rings (SSSR count). The number of carbonyl (C=O) groups excluding carboxylic acids is 2. The molecular formula is C24H23FN2O5. The molecule has 8 heteroatoms. The van der Waals surface area contributed by atoms with Crippen molar-refractivity contribution >= 4 is 17.5 Å². The molecule has 0 radical (unpaired) electrons. The van der Waals surface area contributed by atoms with E-state index in [0.29, 0.717) is 5.75 Å². The fourth-order valence-corrected chi connectivity index (χ4v) is 2.77. The molecule has 0 unspecified atom stereocenters. The Morgan fingerprint density at radius 2 is 1.56 bits per heavy atom. The highest BCUT2D eigenvalue weighted by Crippen LogP contribution is 2.19. The van der Waals surface area contributed by atoms with Crippen LogP contribution in [0.4, 0.5) is 10.1 Å². The van der Waals surface area contributed by atoms with Gasteiger partial charge in [-0.1, -0.05) is 24.3 Å². The summed E-state index contributed by atoms with van der Waals surface area (Å²) in [7, 11) is 1.59. The molecule has 0 spiro atoms. The fraction of sp³-hybridized carbons (Fsp3) is 0.167. The highest BCUT2D eigenvalue weighted by atomic mass is 19.1. The maximum atomic E-state index is 13.6. The van der Waals surface area contributed by atoms with E-state index >= 15 is 0 Å². The zero-order valence-electron chi connectivity index (χ0n) is 17.5. The Kier molecular flexibility index (Phi) is 8.02. The third kappa shape index (κ3) is 6.46. The van der Waals surface area contributed by atoms with Gasteiger partial charge in [0.05, 0.1) is 24.9 Å². The monoisotopic (exact) mass is 438 g/mol. The Morgan fingerprint density at radius 1 is 0.875 bits per heavy atom. The van der Waals surface area contributed by atoms with Gasteiger partial charge in [-0.05, 0) is 48.5 Å². The topological polar surface area (TPSA) is 85.9 Å². The van der Waals surface area contributed by atoms with E-state index in [1.54, 1.807) is 61.7 Å². The molecule has 2 N–H and O–H groups in total. The average Bonchev–Trinajstić information content (AvgIpc) is 2.82. The van der Waals surface area contributed by atoms with E-state index in [2.05, 4.69) is 10.6 Å². The van der Waals surface area contributed by atoms with Crippen molar-refractivity contribution in [2.75, 3.05) is 32.2 Å². The van der Waals surface area contributed by atoms with Crippen molar-refractivity contribution in [3.8, 4) is 17.2 Å². The van der Waals surface area contributed by atoms with E-state index in [0.717, 1.165) is 5.75 Å². The minimum atomic E-state index is -0.544. The van der Waals surface area contributed by atoms with Crippen molar-refractivity contribution in [1.29, 1.82) is 0 Å². The predicted molar refractivity (Wildman–Crippen MR) is 118 cm³/mol. The summed E-state index contributed by atoms with van der Waals surface area (Å²) >= 11 is 0. The van der Waals surface area contributed by atoms with E-state index in [9.17, 15) is 14.0 Å². The lowest BCUT2D eigenvalue weighted by molar-refractivity contribution is -0.118. The first-order valence-corrected chi connectivity index (χ1v) is 9.88. The lowest BCUT2D eigenvalue weighted by Gasteiger charge is -2.12. The standard InChI is InChI=1S/C24H23FN2O5/c1-30-17-10-12-18(13-11-17)31-15-14-26-24(29)19-6-2-5-9-22(19)32-16-23(28)27-21-8-4-3-7-20(21)25/h2-13H,14-16H2,1H3,(H,26,29)(H,27,28). The minimum Gasteiger partial charge on any atom is -0.497 e. The molecule has 3 aromatic carbocycles. The molecule has 0 saturated heterocycles. The first-order valence-electron chi connectivity index (χ1n) is 9.88. The summed E-state index contributed by atoms with van der Waals surface area (Å²) in [5, 5.41) is 5.18. The molecule has 7 nitrogen and oxygen atoms in total. The van der Waals surface area contributed by atoms with Crippen molar-refractivity contribution in [2.24, 2.45) is 0 Å². The number of hydrogen-bond acceptors (Lipinski definition) is 5. The molecule has 0 aliphatic rings. The van der Waals surface area contributed by atoms with Gasteiger partial charge in [0.15, 0.2) is 6.61 Å². The van der Waals surface area contributed by atoms with Gasteiger partial charge in [0.2, 0.25) is 0 Å². The van der Waals surface area contributed by atoms with Gasteiger partial charge in [-0.25, -0.2) is 4.39 Å². The zero-order valence-corrected chi connectivity index (χ0v) is 17.5. The number of rotatable bonds is 10. The SMILES string of the molecule is COc1ccc(OCCNC(=O)c2ccccc2OCC(=O)Nc2ccccc2F)cc1. The Labute approximate surface area is 185 Å². The maximum Gasteiger partial charge on any atom is 0.262 e. The molecule has 3 aromatic rings. The first kappa shape index (κ1) is 22.6. The molecule has 0 saturated carbocycles. The number of anilines is 1. The highest BCUT2D eigenvalue weighted by molar-refractivity contribution is 5.97. The maximum absolute atomic E-state index is 13.6. The number of benzene rings is 3. The second-order valence-corrected chi connectivity index (χ2v) is 6.59. The van der Waals surface area contributed by atoms with Crippen LogP contribution < -0.4 is 24.8 Å². The third-order valence-corrected chi connectivity index (χ3v) is 4.35. The van der Waals surface area contributed by atoms with Crippen molar-refractivity contribution in [3.05, 3.63) is 84.2 Å². The van der Waals surface area contributed by atoms with Crippen LogP contribution in [0.1, 0.15) is 10.4 Å². The van der Waals surface area contributed by atoms with Crippen LogP contribution in [0.25, 0.3) is 0 Å². The summed E-state index contributed by atoms with van der Waals surface area (Å²) in [6.45, 7) is 0.165. The van der Waals surface area contributed by atoms with Gasteiger partial charge in [0.25, 0.3) is 11.8 Å². The summed E-state index contributed by atoms with van der Waals surface area (Å²) in [6, 6.07) is 19.5. The van der Waals surface area contributed by atoms with Gasteiger partial charge in [-0.3, -0.25) is 9.59 Å². The van der Waals surface area contributed by atoms with E-state index < -0.39 is 11.7 Å². The Bertz CT molecular complexity index is 1060. The summed E-state index contributed by atoms with van der Waals surface area (Å²) in [6.07, 6.45) is 0. The van der Waals surface area contributed by atoms with Gasteiger partial charge in [0, 0.05) is 0 Å². The fourth-order valence-electron chi connectivity index (χ4n) is 2.77. The number of nitrogens with one attached hydrogen (secondary N) is 2. The van der Waals surface area contributed by atoms with Crippen LogP contribution >= 0.6 is 0 Å². The van der Waals surface area contributed by atoms with Crippen molar-refractivity contribution < 1.29 is 28.2 Å². The molecule has 0 aliphatic carbocycles. The van der Waals surface area contributed by atoms with Gasteiger partial charge in [-0.2, -0.15) is 0 Å². The number of ether oxygens (including phenoxy) is 3. The number of halogens is 1. The number of carbonyl (C=O) groups is 2. The van der Waals surface area contributed by atoms with Crippen LogP contribution in [0.2, 0.25) is 0 Å². The number of hydrogen-bond donors (Lipinski definition) is 2. The molecule has 0 bridgehead atoms.